The molecule has 0 heterocycles. The van der Waals surface area contributed by atoms with Gasteiger partial charge >= 0.3 is 0 Å². The van der Waals surface area contributed by atoms with Gasteiger partial charge < -0.3 is 0 Å². The maximum Gasteiger partial charge on any atom is 0.126 e. The predicted molar refractivity (Wildman–Crippen MR) is 64.1 cm³/mol. The van der Waals surface area contributed by atoms with Crippen LogP contribution < -0.4 is 0 Å². The van der Waals surface area contributed by atoms with Crippen molar-refractivity contribution in [3.63, 3.8) is 0 Å². The number of hydrogen-bond acceptors (Lipinski definition) is 0. The lowest BCUT2D eigenvalue weighted by molar-refractivity contribution is 0.253. The molecule has 16 heavy (non-hydrogen) atoms. The maximum absolute atomic E-state index is 13.8. The van der Waals surface area contributed by atoms with E-state index in [1.165, 1.54) is 50.5 Å². The Hall–Kier alpha value is -0.850. The molecule has 86 valence electrons. The topological polar surface area (TPSA) is 0 Å². The van der Waals surface area contributed by atoms with Gasteiger partial charge in [-0.3, -0.25) is 0 Å². The fraction of sp³-hybridized carbons (Fsp3) is 0.600. The Morgan fingerprint density at radius 3 is 2.50 bits per heavy atom. The smallest absolute Gasteiger partial charge is 0.126 e. The third kappa shape index (κ3) is 1.49. The first-order valence-electron chi connectivity index (χ1n) is 6.60. The van der Waals surface area contributed by atoms with Crippen molar-refractivity contribution in [2.45, 2.75) is 56.8 Å². The first-order valence-corrected chi connectivity index (χ1v) is 6.60. The van der Waals surface area contributed by atoms with E-state index < -0.39 is 0 Å². The van der Waals surface area contributed by atoms with Crippen LogP contribution in [0.25, 0.3) is 0 Å². The second kappa shape index (κ2) is 3.87. The highest BCUT2D eigenvalue weighted by molar-refractivity contribution is 5.38. The van der Waals surface area contributed by atoms with Gasteiger partial charge in [0.25, 0.3) is 0 Å². The zero-order valence-electron chi connectivity index (χ0n) is 9.77. The van der Waals surface area contributed by atoms with E-state index in [9.17, 15) is 4.39 Å². The zero-order valence-corrected chi connectivity index (χ0v) is 9.77. The first-order chi connectivity index (χ1) is 7.82. The molecule has 1 aromatic carbocycles. The summed E-state index contributed by atoms with van der Waals surface area (Å²) in [6, 6.07) is 5.71. The van der Waals surface area contributed by atoms with E-state index in [-0.39, 0.29) is 5.82 Å². The Labute approximate surface area is 96.9 Å². The van der Waals surface area contributed by atoms with E-state index >= 15 is 0 Å². The lowest BCUT2D eigenvalue weighted by Gasteiger charge is -2.42. The Bertz CT molecular complexity index is 388. The Balaban J connectivity index is 2.08. The summed E-state index contributed by atoms with van der Waals surface area (Å²) in [4.78, 5) is 0. The van der Waals surface area contributed by atoms with Crippen LogP contribution in [0.4, 0.5) is 4.39 Å². The summed E-state index contributed by atoms with van der Waals surface area (Å²) in [6.07, 6.45) is 9.99. The van der Waals surface area contributed by atoms with Gasteiger partial charge in [-0.05, 0) is 54.7 Å². The average Bonchev–Trinajstić information content (AvgIpc) is 2.32. The number of benzene rings is 1. The number of rotatable bonds is 0. The molecule has 1 saturated carbocycles. The van der Waals surface area contributed by atoms with Crippen LogP contribution in [0.2, 0.25) is 0 Å². The van der Waals surface area contributed by atoms with Crippen LogP contribution in [0.5, 0.6) is 0 Å². The lowest BCUT2D eigenvalue weighted by atomic mass is 9.62. The van der Waals surface area contributed by atoms with E-state index in [1.54, 1.807) is 6.07 Å². The van der Waals surface area contributed by atoms with Gasteiger partial charge in [0.2, 0.25) is 0 Å². The summed E-state index contributed by atoms with van der Waals surface area (Å²) in [7, 11) is 0. The van der Waals surface area contributed by atoms with Crippen molar-refractivity contribution in [3.05, 3.63) is 35.1 Å². The molecule has 0 N–H and O–H groups in total. The molecule has 0 radical (unpaired) electrons. The van der Waals surface area contributed by atoms with Gasteiger partial charge in [0.1, 0.15) is 5.82 Å². The van der Waals surface area contributed by atoms with Crippen LogP contribution in [0.15, 0.2) is 18.2 Å². The van der Waals surface area contributed by atoms with E-state index in [4.69, 9.17) is 0 Å². The highest BCUT2D eigenvalue weighted by atomic mass is 19.1. The van der Waals surface area contributed by atoms with Crippen LogP contribution >= 0.6 is 0 Å². The molecule has 1 aromatic rings. The van der Waals surface area contributed by atoms with Gasteiger partial charge in [0.05, 0.1) is 0 Å². The van der Waals surface area contributed by atoms with Crippen molar-refractivity contribution in [2.24, 2.45) is 0 Å². The highest BCUT2D eigenvalue weighted by Crippen LogP contribution is 2.47. The molecule has 0 saturated heterocycles. The second-order valence-corrected chi connectivity index (χ2v) is 5.46. The van der Waals surface area contributed by atoms with E-state index in [0.717, 1.165) is 12.0 Å². The molecule has 0 aromatic heterocycles. The monoisotopic (exact) mass is 218 g/mol. The van der Waals surface area contributed by atoms with Gasteiger partial charge in [-0.2, -0.15) is 0 Å². The summed E-state index contributed by atoms with van der Waals surface area (Å²) in [5.41, 5.74) is 2.71. The molecule has 0 amide bonds. The molecule has 2 aliphatic carbocycles. The number of fused-ring (bicyclic) bond motifs is 2. The van der Waals surface area contributed by atoms with Crippen LogP contribution in [-0.4, -0.2) is 0 Å². The molecule has 0 unspecified atom stereocenters. The molecule has 1 fully saturated rings. The Morgan fingerprint density at radius 2 is 1.69 bits per heavy atom. The summed E-state index contributed by atoms with van der Waals surface area (Å²) in [5.74, 6) is 0.0298. The van der Waals surface area contributed by atoms with Gasteiger partial charge in [-0.15, -0.1) is 0 Å². The van der Waals surface area contributed by atoms with Crippen LogP contribution in [0.1, 0.15) is 56.1 Å². The standard InChI is InChI=1S/C15H19F/c16-14-8-4-7-13-12(14)6-5-11-15(13)9-2-1-3-10-15/h4,7-8H,1-3,5-6,9-11H2. The fourth-order valence-corrected chi connectivity index (χ4v) is 3.80. The molecule has 0 nitrogen and oxygen atoms in total. The van der Waals surface area contributed by atoms with E-state index in [0.29, 0.717) is 5.41 Å². The quantitative estimate of drug-likeness (QED) is 0.606. The van der Waals surface area contributed by atoms with Crippen LogP contribution in [0.3, 0.4) is 0 Å². The lowest BCUT2D eigenvalue weighted by Crippen LogP contribution is -2.33. The SMILES string of the molecule is Fc1cccc2c1CCCC21CCCCC1. The summed E-state index contributed by atoms with van der Waals surface area (Å²) >= 11 is 0. The van der Waals surface area contributed by atoms with E-state index in [2.05, 4.69) is 6.07 Å². The molecule has 0 bridgehead atoms. The first kappa shape index (κ1) is 10.3. The third-order valence-electron chi connectivity index (χ3n) is 4.58. The molecule has 1 spiro atoms. The normalized spacial score (nSPS) is 23.1. The van der Waals surface area contributed by atoms with Crippen LogP contribution in [0, 0.1) is 5.82 Å². The largest absolute Gasteiger partial charge is 0.207 e. The second-order valence-electron chi connectivity index (χ2n) is 5.46. The van der Waals surface area contributed by atoms with Crippen molar-refractivity contribution in [3.8, 4) is 0 Å². The van der Waals surface area contributed by atoms with E-state index in [1.807, 2.05) is 6.07 Å². The minimum absolute atomic E-state index is 0.0298. The predicted octanol–water partition coefficient (Wildman–Crippen LogP) is 4.36. The Morgan fingerprint density at radius 1 is 0.938 bits per heavy atom. The minimum Gasteiger partial charge on any atom is -0.207 e. The van der Waals surface area contributed by atoms with Crippen molar-refractivity contribution in [1.29, 1.82) is 0 Å². The van der Waals surface area contributed by atoms with Crippen molar-refractivity contribution >= 4 is 0 Å². The molecular weight excluding hydrogens is 199 g/mol. The zero-order chi connectivity index (χ0) is 11.0. The molecule has 3 rings (SSSR count). The summed E-state index contributed by atoms with van der Waals surface area (Å²) < 4.78 is 13.8. The third-order valence-corrected chi connectivity index (χ3v) is 4.58. The number of halogens is 1. The van der Waals surface area contributed by atoms with Gasteiger partial charge in [0.15, 0.2) is 0 Å². The highest BCUT2D eigenvalue weighted by Gasteiger charge is 2.37. The summed E-state index contributed by atoms with van der Waals surface area (Å²) in [5, 5.41) is 0. The molecule has 0 aliphatic heterocycles. The van der Waals surface area contributed by atoms with Gasteiger partial charge in [-0.25, -0.2) is 4.39 Å². The van der Waals surface area contributed by atoms with Gasteiger partial charge in [0, 0.05) is 0 Å². The molecule has 2 aliphatic rings. The minimum atomic E-state index is 0.0298. The van der Waals surface area contributed by atoms with Crippen molar-refractivity contribution < 1.29 is 4.39 Å². The Kier molecular flexibility index (Phi) is 2.49. The average molecular weight is 218 g/mol. The molecule has 1 heteroatoms. The molecular formula is C15H19F. The van der Waals surface area contributed by atoms with Gasteiger partial charge in [-0.1, -0.05) is 31.4 Å². The number of hydrogen-bond donors (Lipinski definition) is 0. The maximum atomic E-state index is 13.8. The molecule has 0 atom stereocenters. The fourth-order valence-electron chi connectivity index (χ4n) is 3.80. The van der Waals surface area contributed by atoms with Crippen molar-refractivity contribution in [1.82, 2.24) is 0 Å². The van der Waals surface area contributed by atoms with Crippen LogP contribution in [-0.2, 0) is 11.8 Å². The summed E-state index contributed by atoms with van der Waals surface area (Å²) in [6.45, 7) is 0. The van der Waals surface area contributed by atoms with Crippen molar-refractivity contribution in [2.75, 3.05) is 0 Å².